The van der Waals surface area contributed by atoms with Gasteiger partial charge < -0.3 is 9.47 Å². The van der Waals surface area contributed by atoms with Gasteiger partial charge in [0, 0.05) is 16.7 Å². The molecule has 0 fully saturated rings. The van der Waals surface area contributed by atoms with Gasteiger partial charge in [-0.2, -0.15) is 0 Å². The zero-order valence-electron chi connectivity index (χ0n) is 12.8. The summed E-state index contributed by atoms with van der Waals surface area (Å²) < 4.78 is 10.6. The van der Waals surface area contributed by atoms with Crippen LogP contribution in [0.4, 0.5) is 0 Å². The molecular formula is C18H15ClO3S. The Morgan fingerprint density at radius 2 is 2.13 bits per heavy atom. The highest BCUT2D eigenvalue weighted by molar-refractivity contribution is 7.11. The molecule has 0 N–H and O–H groups in total. The molecule has 1 heterocycles. The first-order chi connectivity index (χ1) is 11.1. The van der Waals surface area contributed by atoms with E-state index in [2.05, 4.69) is 0 Å². The van der Waals surface area contributed by atoms with Gasteiger partial charge in [0.15, 0.2) is 0 Å². The molecule has 2 aromatic rings. The minimum Gasteiger partial charge on any atom is -0.495 e. The van der Waals surface area contributed by atoms with Crippen LogP contribution in [0, 0.1) is 0 Å². The molecule has 0 saturated heterocycles. The Morgan fingerprint density at radius 1 is 1.30 bits per heavy atom. The number of carbonyl (C=O) groups is 1. The second-order valence-corrected chi connectivity index (χ2v) is 6.27. The molecule has 0 bridgehead atoms. The Labute approximate surface area is 143 Å². The van der Waals surface area contributed by atoms with Crippen molar-refractivity contribution in [2.24, 2.45) is 0 Å². The molecule has 1 aliphatic carbocycles. The van der Waals surface area contributed by atoms with Crippen LogP contribution in [0.25, 0.3) is 17.4 Å². The molecule has 0 aliphatic heterocycles. The first-order valence-corrected chi connectivity index (χ1v) is 8.42. The van der Waals surface area contributed by atoms with Gasteiger partial charge in [-0.3, -0.25) is 0 Å². The van der Waals surface area contributed by atoms with Gasteiger partial charge in [0.25, 0.3) is 0 Å². The van der Waals surface area contributed by atoms with Crippen molar-refractivity contribution in [1.82, 2.24) is 0 Å². The molecule has 1 aliphatic rings. The van der Waals surface area contributed by atoms with Crippen LogP contribution in [0.2, 0.25) is 5.02 Å². The van der Waals surface area contributed by atoms with E-state index in [0.29, 0.717) is 11.6 Å². The number of carbonyl (C=O) groups excluding carboxylic acids is 1. The third-order valence-corrected chi connectivity index (χ3v) is 4.70. The van der Waals surface area contributed by atoms with Gasteiger partial charge in [0.05, 0.1) is 18.6 Å². The highest BCUT2D eigenvalue weighted by atomic mass is 35.5. The van der Waals surface area contributed by atoms with Crippen LogP contribution in [0.1, 0.15) is 28.5 Å². The van der Waals surface area contributed by atoms with Gasteiger partial charge in [0.2, 0.25) is 0 Å². The fraction of sp³-hybridized carbons (Fsp3) is 0.167. The Balaban J connectivity index is 2.26. The molecule has 0 unspecified atom stereocenters. The number of hydrogen-bond acceptors (Lipinski definition) is 4. The van der Waals surface area contributed by atoms with Gasteiger partial charge in [-0.1, -0.05) is 17.7 Å². The van der Waals surface area contributed by atoms with E-state index in [0.717, 1.165) is 32.9 Å². The predicted octanol–water partition coefficient (Wildman–Crippen LogP) is 4.85. The summed E-state index contributed by atoms with van der Waals surface area (Å²) in [5.74, 6) is 0.396. The number of thiophene rings is 1. The standard InChI is InChI=1S/C18H15ClO3S/c1-3-22-17(20)10-15-13-5-4-12(19)8-11(13)9-16(21-2)18-14(15)6-7-23-18/h4-10H,3H2,1-2H3. The van der Waals surface area contributed by atoms with Crippen LogP contribution < -0.4 is 0 Å². The number of methoxy groups -OCH3 is 1. The SMILES string of the molecule is CCOC(=O)C=C1c2ccc(Cl)cc2C=C(OC)c2sccc21. The van der Waals surface area contributed by atoms with Crippen molar-refractivity contribution in [3.05, 3.63) is 62.3 Å². The van der Waals surface area contributed by atoms with Crippen LogP contribution in [-0.4, -0.2) is 19.7 Å². The van der Waals surface area contributed by atoms with Crippen LogP contribution in [-0.2, 0) is 14.3 Å². The molecule has 3 nitrogen and oxygen atoms in total. The maximum atomic E-state index is 12.0. The Hall–Kier alpha value is -2.04. The lowest BCUT2D eigenvalue weighted by Gasteiger charge is -2.09. The van der Waals surface area contributed by atoms with Crippen molar-refractivity contribution in [1.29, 1.82) is 0 Å². The Kier molecular flexibility index (Phi) is 4.55. The monoisotopic (exact) mass is 346 g/mol. The average molecular weight is 347 g/mol. The molecule has 118 valence electrons. The quantitative estimate of drug-likeness (QED) is 0.588. The number of fused-ring (bicyclic) bond motifs is 2. The summed E-state index contributed by atoms with van der Waals surface area (Å²) in [6.07, 6.45) is 3.48. The van der Waals surface area contributed by atoms with Crippen molar-refractivity contribution in [3.63, 3.8) is 0 Å². The highest BCUT2D eigenvalue weighted by Crippen LogP contribution is 2.40. The lowest BCUT2D eigenvalue weighted by molar-refractivity contribution is -0.137. The lowest BCUT2D eigenvalue weighted by atomic mass is 9.96. The smallest absolute Gasteiger partial charge is 0.331 e. The molecule has 0 amide bonds. The molecule has 1 aromatic carbocycles. The van der Waals surface area contributed by atoms with Gasteiger partial charge in [0.1, 0.15) is 5.76 Å². The van der Waals surface area contributed by atoms with Crippen LogP contribution in [0.5, 0.6) is 0 Å². The molecule has 0 saturated carbocycles. The number of esters is 1. The summed E-state index contributed by atoms with van der Waals surface area (Å²) in [5.41, 5.74) is 3.61. The fourth-order valence-corrected chi connectivity index (χ4v) is 3.66. The minimum absolute atomic E-state index is 0.341. The van der Waals surface area contributed by atoms with E-state index in [-0.39, 0.29) is 5.97 Å². The van der Waals surface area contributed by atoms with Crippen molar-refractivity contribution in [2.75, 3.05) is 13.7 Å². The minimum atomic E-state index is -0.360. The van der Waals surface area contributed by atoms with Crippen molar-refractivity contribution < 1.29 is 14.3 Å². The topological polar surface area (TPSA) is 35.5 Å². The van der Waals surface area contributed by atoms with Gasteiger partial charge in [-0.05, 0) is 53.3 Å². The first kappa shape index (κ1) is 15.8. The van der Waals surface area contributed by atoms with E-state index in [4.69, 9.17) is 21.1 Å². The third-order valence-electron chi connectivity index (χ3n) is 3.54. The molecule has 23 heavy (non-hydrogen) atoms. The maximum absolute atomic E-state index is 12.0. The number of hydrogen-bond donors (Lipinski definition) is 0. The number of halogens is 1. The summed E-state index contributed by atoms with van der Waals surface area (Å²) in [6.45, 7) is 2.13. The highest BCUT2D eigenvalue weighted by Gasteiger charge is 2.22. The van der Waals surface area contributed by atoms with E-state index in [1.165, 1.54) is 6.08 Å². The fourth-order valence-electron chi connectivity index (χ4n) is 2.57. The van der Waals surface area contributed by atoms with Gasteiger partial charge in [-0.25, -0.2) is 4.79 Å². The summed E-state index contributed by atoms with van der Waals surface area (Å²) in [7, 11) is 1.64. The number of rotatable bonds is 3. The molecular weight excluding hydrogens is 332 g/mol. The average Bonchev–Trinajstić information content (AvgIpc) is 2.96. The van der Waals surface area contributed by atoms with E-state index in [9.17, 15) is 4.79 Å². The van der Waals surface area contributed by atoms with E-state index in [1.807, 2.05) is 35.7 Å². The molecule has 0 atom stereocenters. The second-order valence-electron chi connectivity index (χ2n) is 4.92. The Morgan fingerprint density at radius 3 is 2.87 bits per heavy atom. The zero-order valence-corrected chi connectivity index (χ0v) is 14.3. The van der Waals surface area contributed by atoms with Gasteiger partial charge >= 0.3 is 5.97 Å². The van der Waals surface area contributed by atoms with Gasteiger partial charge in [-0.15, -0.1) is 11.3 Å². The van der Waals surface area contributed by atoms with Crippen molar-refractivity contribution >= 4 is 46.3 Å². The summed E-state index contributed by atoms with van der Waals surface area (Å²) in [5, 5.41) is 2.62. The summed E-state index contributed by atoms with van der Waals surface area (Å²) in [6, 6.07) is 7.59. The van der Waals surface area contributed by atoms with E-state index >= 15 is 0 Å². The number of benzene rings is 1. The van der Waals surface area contributed by atoms with Crippen LogP contribution >= 0.6 is 22.9 Å². The van der Waals surface area contributed by atoms with Crippen LogP contribution in [0.15, 0.2) is 35.7 Å². The van der Waals surface area contributed by atoms with E-state index in [1.54, 1.807) is 25.4 Å². The lowest BCUT2D eigenvalue weighted by Crippen LogP contribution is -2.02. The molecule has 5 heteroatoms. The first-order valence-electron chi connectivity index (χ1n) is 7.16. The summed E-state index contributed by atoms with van der Waals surface area (Å²) in [4.78, 5) is 13.0. The third kappa shape index (κ3) is 3.05. The predicted molar refractivity (Wildman–Crippen MR) is 94.4 cm³/mol. The molecule has 3 rings (SSSR count). The molecule has 0 spiro atoms. The maximum Gasteiger partial charge on any atom is 0.331 e. The second kappa shape index (κ2) is 6.60. The van der Waals surface area contributed by atoms with Crippen molar-refractivity contribution in [3.8, 4) is 0 Å². The van der Waals surface area contributed by atoms with Crippen molar-refractivity contribution in [2.45, 2.75) is 6.92 Å². The molecule has 0 radical (unpaired) electrons. The number of ether oxygens (including phenoxy) is 2. The largest absolute Gasteiger partial charge is 0.495 e. The Bertz CT molecular complexity index is 817. The van der Waals surface area contributed by atoms with Crippen LogP contribution in [0.3, 0.4) is 0 Å². The zero-order chi connectivity index (χ0) is 16.4. The molecule has 1 aromatic heterocycles. The summed E-state index contributed by atoms with van der Waals surface area (Å²) >= 11 is 7.70. The van der Waals surface area contributed by atoms with E-state index < -0.39 is 0 Å². The normalized spacial score (nSPS) is 14.6.